The van der Waals surface area contributed by atoms with Crippen LogP contribution in [-0.2, 0) is 14.3 Å². The summed E-state index contributed by atoms with van der Waals surface area (Å²) in [6.45, 7) is 3.51. The molecule has 2 aliphatic carbocycles. The maximum atomic E-state index is 11.3. The largest absolute Gasteiger partial charge is 0.454 e. The molecule has 0 spiro atoms. The molecule has 0 aromatic heterocycles. The predicted octanol–water partition coefficient (Wildman–Crippen LogP) is 3.30. The van der Waals surface area contributed by atoms with Gasteiger partial charge in [-0.25, -0.2) is 0 Å². The Morgan fingerprint density at radius 2 is 1.70 bits per heavy atom. The Hall–Kier alpha value is -1.71. The van der Waals surface area contributed by atoms with Gasteiger partial charge in [0.2, 0.25) is 5.91 Å². The molecule has 0 unspecified atom stereocenters. The van der Waals surface area contributed by atoms with Gasteiger partial charge >= 0.3 is 0 Å². The summed E-state index contributed by atoms with van der Waals surface area (Å²) in [7, 11) is 0. The van der Waals surface area contributed by atoms with Crippen molar-refractivity contribution in [2.75, 3.05) is 0 Å². The molecule has 0 aromatic carbocycles. The number of allylic oxidation sites excluding steroid dienone is 4. The molecule has 4 heteroatoms. The lowest BCUT2D eigenvalue weighted by molar-refractivity contribution is -0.144. The fourth-order valence-corrected chi connectivity index (χ4v) is 2.53. The van der Waals surface area contributed by atoms with Crippen molar-refractivity contribution in [3.8, 4) is 0 Å². The maximum Gasteiger partial charge on any atom is 0.268 e. The molecular weight excluding hydrogens is 254 g/mol. The number of carbonyl (C=O) groups is 1. The van der Waals surface area contributed by atoms with E-state index >= 15 is 0 Å². The second-order valence-corrected chi connectivity index (χ2v) is 5.54. The van der Waals surface area contributed by atoms with Gasteiger partial charge in [-0.05, 0) is 44.8 Å². The number of nitrogens with two attached hydrogens (primary N) is 1. The van der Waals surface area contributed by atoms with E-state index in [1.54, 1.807) is 13.0 Å². The average Bonchev–Trinajstić information content (AvgIpc) is 3.01. The van der Waals surface area contributed by atoms with Crippen molar-refractivity contribution in [2.45, 2.75) is 58.2 Å². The van der Waals surface area contributed by atoms with E-state index in [9.17, 15) is 4.79 Å². The number of hydrogen-bond acceptors (Lipinski definition) is 3. The molecule has 0 radical (unpaired) electrons. The highest BCUT2D eigenvalue weighted by molar-refractivity contribution is 5.91. The van der Waals surface area contributed by atoms with E-state index in [0.717, 1.165) is 50.0 Å². The fraction of sp³-hybridized carbons (Fsp3) is 0.562. The molecule has 0 fully saturated rings. The van der Waals surface area contributed by atoms with E-state index in [4.69, 9.17) is 15.2 Å². The van der Waals surface area contributed by atoms with Gasteiger partial charge in [0.05, 0.1) is 11.5 Å². The lowest BCUT2D eigenvalue weighted by Gasteiger charge is -2.30. The standard InChI is InChI=1S/C16H23NO3/c1-12(15(17)18)11-16(2,19-13-7-3-4-8-13)20-14-9-5-6-10-14/h7,9,11H,3-6,8,10H2,1-2H3,(H2,17,18)/b12-11+. The van der Waals surface area contributed by atoms with Crippen molar-refractivity contribution in [1.29, 1.82) is 0 Å². The summed E-state index contributed by atoms with van der Waals surface area (Å²) < 4.78 is 12.0. The second-order valence-electron chi connectivity index (χ2n) is 5.54. The summed E-state index contributed by atoms with van der Waals surface area (Å²) >= 11 is 0. The third-order valence-corrected chi connectivity index (χ3v) is 3.53. The van der Waals surface area contributed by atoms with E-state index in [1.807, 2.05) is 6.92 Å². The summed E-state index contributed by atoms with van der Waals surface area (Å²) in [5.41, 5.74) is 5.76. The molecule has 4 nitrogen and oxygen atoms in total. The van der Waals surface area contributed by atoms with Crippen molar-refractivity contribution in [1.82, 2.24) is 0 Å². The Bertz CT molecular complexity index is 448. The summed E-state index contributed by atoms with van der Waals surface area (Å²) in [6, 6.07) is 0. The Balaban J connectivity index is 2.16. The highest BCUT2D eigenvalue weighted by atomic mass is 16.7. The van der Waals surface area contributed by atoms with Crippen LogP contribution in [-0.4, -0.2) is 11.7 Å². The van der Waals surface area contributed by atoms with Crippen molar-refractivity contribution < 1.29 is 14.3 Å². The number of carbonyl (C=O) groups excluding carboxylic acids is 1. The van der Waals surface area contributed by atoms with Gasteiger partial charge in [-0.15, -0.1) is 0 Å². The van der Waals surface area contributed by atoms with Gasteiger partial charge in [-0.2, -0.15) is 0 Å². The average molecular weight is 277 g/mol. The van der Waals surface area contributed by atoms with Crippen LogP contribution in [0.5, 0.6) is 0 Å². The van der Waals surface area contributed by atoms with Crippen LogP contribution in [0.25, 0.3) is 0 Å². The molecule has 2 N–H and O–H groups in total. The van der Waals surface area contributed by atoms with E-state index < -0.39 is 11.7 Å². The molecule has 2 aliphatic rings. The minimum absolute atomic E-state index is 0.449. The zero-order valence-electron chi connectivity index (χ0n) is 12.3. The molecule has 20 heavy (non-hydrogen) atoms. The van der Waals surface area contributed by atoms with Crippen molar-refractivity contribution >= 4 is 5.91 Å². The van der Waals surface area contributed by atoms with Gasteiger partial charge in [0.15, 0.2) is 0 Å². The summed E-state index contributed by atoms with van der Waals surface area (Å²) in [5, 5.41) is 0. The minimum atomic E-state index is -0.967. The highest BCUT2D eigenvalue weighted by Gasteiger charge is 2.30. The number of rotatable bonds is 6. The van der Waals surface area contributed by atoms with Crippen molar-refractivity contribution in [3.63, 3.8) is 0 Å². The molecule has 0 saturated heterocycles. The van der Waals surface area contributed by atoms with Crippen LogP contribution in [0, 0.1) is 0 Å². The fourth-order valence-electron chi connectivity index (χ4n) is 2.53. The van der Waals surface area contributed by atoms with Crippen LogP contribution in [0.2, 0.25) is 0 Å². The molecule has 0 atom stereocenters. The third-order valence-electron chi connectivity index (χ3n) is 3.53. The molecule has 0 aliphatic heterocycles. The van der Waals surface area contributed by atoms with Crippen LogP contribution in [0.3, 0.4) is 0 Å². The van der Waals surface area contributed by atoms with Crippen LogP contribution >= 0.6 is 0 Å². The normalized spacial score (nSPS) is 19.6. The molecular formula is C16H23NO3. The Morgan fingerprint density at radius 1 is 1.20 bits per heavy atom. The molecule has 0 bridgehead atoms. The number of amides is 1. The highest BCUT2D eigenvalue weighted by Crippen LogP contribution is 2.31. The molecule has 1 amide bonds. The SMILES string of the molecule is C/C(=C\C(C)(OC1=CCCC1)OC1=CCCC1)C(N)=O. The predicted molar refractivity (Wildman–Crippen MR) is 77.4 cm³/mol. The summed E-state index contributed by atoms with van der Waals surface area (Å²) in [5.74, 6) is 0.439. The minimum Gasteiger partial charge on any atom is -0.454 e. The van der Waals surface area contributed by atoms with Gasteiger partial charge < -0.3 is 15.2 Å². The number of primary amides is 1. The zero-order chi connectivity index (χ0) is 14.6. The zero-order valence-corrected chi connectivity index (χ0v) is 12.3. The van der Waals surface area contributed by atoms with Crippen LogP contribution < -0.4 is 5.73 Å². The third kappa shape index (κ3) is 3.89. The lowest BCUT2D eigenvalue weighted by Crippen LogP contribution is -2.31. The van der Waals surface area contributed by atoms with Crippen LogP contribution in [0.4, 0.5) is 0 Å². The number of ether oxygens (including phenoxy) is 2. The Morgan fingerprint density at radius 3 is 2.05 bits per heavy atom. The quantitative estimate of drug-likeness (QED) is 0.598. The molecule has 0 aromatic rings. The summed E-state index contributed by atoms with van der Waals surface area (Å²) in [4.78, 5) is 11.3. The topological polar surface area (TPSA) is 61.6 Å². The van der Waals surface area contributed by atoms with E-state index in [2.05, 4.69) is 12.2 Å². The molecule has 0 heterocycles. The van der Waals surface area contributed by atoms with E-state index in [-0.39, 0.29) is 0 Å². The first-order valence-corrected chi connectivity index (χ1v) is 7.24. The summed E-state index contributed by atoms with van der Waals surface area (Å²) in [6.07, 6.45) is 11.9. The Kier molecular flexibility index (Phi) is 4.53. The van der Waals surface area contributed by atoms with Gasteiger partial charge in [0.1, 0.15) is 0 Å². The van der Waals surface area contributed by atoms with Gasteiger partial charge in [-0.3, -0.25) is 4.79 Å². The van der Waals surface area contributed by atoms with Gasteiger partial charge in [0, 0.05) is 31.4 Å². The number of hydrogen-bond donors (Lipinski definition) is 1. The van der Waals surface area contributed by atoms with Crippen molar-refractivity contribution in [2.24, 2.45) is 5.73 Å². The second kappa shape index (κ2) is 6.16. The molecule has 2 rings (SSSR count). The van der Waals surface area contributed by atoms with Gasteiger partial charge in [-0.1, -0.05) is 0 Å². The monoisotopic (exact) mass is 277 g/mol. The first-order valence-electron chi connectivity index (χ1n) is 7.24. The first-order chi connectivity index (χ1) is 9.48. The Labute approximate surface area is 120 Å². The van der Waals surface area contributed by atoms with E-state index in [0.29, 0.717) is 5.57 Å². The first kappa shape index (κ1) is 14.7. The molecule has 0 saturated carbocycles. The smallest absolute Gasteiger partial charge is 0.268 e. The maximum absolute atomic E-state index is 11.3. The lowest BCUT2D eigenvalue weighted by atomic mass is 10.1. The molecule has 110 valence electrons. The van der Waals surface area contributed by atoms with E-state index in [1.165, 1.54) is 0 Å². The van der Waals surface area contributed by atoms with Crippen LogP contribution in [0.1, 0.15) is 52.4 Å². The van der Waals surface area contributed by atoms with Crippen molar-refractivity contribution in [3.05, 3.63) is 35.3 Å². The van der Waals surface area contributed by atoms with Crippen LogP contribution in [0.15, 0.2) is 35.3 Å². The van der Waals surface area contributed by atoms with Gasteiger partial charge in [0.25, 0.3) is 5.79 Å².